The standard InChI is InChI=1S/C11H11F3NO3/c1-2-17-7-10(16)15-8-3-5-9(6-4-8)18-11(12,13)14/h3-7H,2H2,1H3,(H,15,16). The predicted molar refractivity (Wildman–Crippen MR) is 57.7 cm³/mol. The fourth-order valence-corrected chi connectivity index (χ4v) is 1.07. The number of carbonyl (C=O) groups excluding carboxylic acids is 1. The number of ether oxygens (including phenoxy) is 2. The summed E-state index contributed by atoms with van der Waals surface area (Å²) in [5.74, 6) is -0.851. The van der Waals surface area contributed by atoms with Gasteiger partial charge in [0.05, 0.1) is 0 Å². The average molecular weight is 262 g/mol. The molecule has 0 unspecified atom stereocenters. The van der Waals surface area contributed by atoms with Crippen molar-refractivity contribution in [2.24, 2.45) is 0 Å². The fraction of sp³-hybridized carbons (Fsp3) is 0.273. The highest BCUT2D eigenvalue weighted by molar-refractivity contribution is 5.95. The third-order valence-corrected chi connectivity index (χ3v) is 1.71. The minimum Gasteiger partial charge on any atom is -0.406 e. The number of halogens is 3. The molecule has 0 atom stereocenters. The molecule has 4 nitrogen and oxygen atoms in total. The molecule has 18 heavy (non-hydrogen) atoms. The van der Waals surface area contributed by atoms with Gasteiger partial charge in [-0.15, -0.1) is 13.2 Å². The largest absolute Gasteiger partial charge is 0.573 e. The minimum absolute atomic E-state index is 0.338. The van der Waals surface area contributed by atoms with Crippen LogP contribution in [0.1, 0.15) is 6.92 Å². The molecule has 0 fully saturated rings. The van der Waals surface area contributed by atoms with E-state index in [1.807, 2.05) is 0 Å². The molecule has 1 aromatic rings. The first kappa shape index (κ1) is 14.3. The van der Waals surface area contributed by atoms with Gasteiger partial charge in [-0.1, -0.05) is 0 Å². The first-order valence-electron chi connectivity index (χ1n) is 5.02. The summed E-state index contributed by atoms with van der Waals surface area (Å²) >= 11 is 0. The van der Waals surface area contributed by atoms with E-state index in [0.29, 0.717) is 12.3 Å². The Hall–Kier alpha value is -1.76. The second kappa shape index (κ2) is 6.25. The molecule has 0 saturated carbocycles. The minimum atomic E-state index is -4.73. The summed E-state index contributed by atoms with van der Waals surface area (Å²) in [4.78, 5) is 11.2. The van der Waals surface area contributed by atoms with E-state index in [0.717, 1.165) is 18.7 Å². The zero-order chi connectivity index (χ0) is 13.6. The van der Waals surface area contributed by atoms with E-state index in [9.17, 15) is 18.0 Å². The molecular weight excluding hydrogens is 251 g/mol. The maximum Gasteiger partial charge on any atom is 0.573 e. The van der Waals surface area contributed by atoms with Crippen molar-refractivity contribution in [2.45, 2.75) is 13.3 Å². The van der Waals surface area contributed by atoms with E-state index in [1.165, 1.54) is 12.1 Å². The molecule has 1 N–H and O–H groups in total. The number of hydrogen-bond donors (Lipinski definition) is 1. The lowest BCUT2D eigenvalue weighted by molar-refractivity contribution is -0.274. The van der Waals surface area contributed by atoms with Gasteiger partial charge in [-0.3, -0.25) is 4.79 Å². The lowest BCUT2D eigenvalue weighted by Crippen LogP contribution is -2.17. The van der Waals surface area contributed by atoms with E-state index in [1.54, 1.807) is 6.92 Å². The third kappa shape index (κ3) is 5.53. The van der Waals surface area contributed by atoms with Crippen LogP contribution >= 0.6 is 0 Å². The van der Waals surface area contributed by atoms with Crippen molar-refractivity contribution in [3.63, 3.8) is 0 Å². The highest BCUT2D eigenvalue weighted by Crippen LogP contribution is 2.23. The molecule has 99 valence electrons. The van der Waals surface area contributed by atoms with Gasteiger partial charge in [-0.25, -0.2) is 0 Å². The van der Waals surface area contributed by atoms with Gasteiger partial charge < -0.3 is 14.8 Å². The van der Waals surface area contributed by atoms with E-state index < -0.39 is 12.3 Å². The number of alkyl halides is 3. The zero-order valence-corrected chi connectivity index (χ0v) is 9.45. The molecule has 0 aliphatic rings. The van der Waals surface area contributed by atoms with Gasteiger partial charge in [-0.05, 0) is 31.2 Å². The molecule has 0 heterocycles. The lowest BCUT2D eigenvalue weighted by atomic mass is 10.3. The summed E-state index contributed by atoms with van der Waals surface area (Å²) in [5.41, 5.74) is 0.338. The monoisotopic (exact) mass is 262 g/mol. The van der Waals surface area contributed by atoms with Gasteiger partial charge in [0.25, 0.3) is 5.91 Å². The van der Waals surface area contributed by atoms with Crippen LogP contribution in [0.25, 0.3) is 0 Å². The van der Waals surface area contributed by atoms with Crippen LogP contribution < -0.4 is 10.1 Å². The van der Waals surface area contributed by atoms with E-state index >= 15 is 0 Å². The molecule has 7 heteroatoms. The van der Waals surface area contributed by atoms with Crippen LogP contribution in [0.5, 0.6) is 5.75 Å². The molecule has 0 spiro atoms. The van der Waals surface area contributed by atoms with Crippen molar-refractivity contribution >= 4 is 11.6 Å². The van der Waals surface area contributed by atoms with Crippen LogP contribution in [0.4, 0.5) is 18.9 Å². The quantitative estimate of drug-likeness (QED) is 0.887. The van der Waals surface area contributed by atoms with Gasteiger partial charge in [0.2, 0.25) is 0 Å². The van der Waals surface area contributed by atoms with Gasteiger partial charge in [0.1, 0.15) is 5.75 Å². The molecule has 1 radical (unpaired) electrons. The molecule has 0 aliphatic heterocycles. The Morgan fingerprint density at radius 2 is 1.94 bits per heavy atom. The van der Waals surface area contributed by atoms with Gasteiger partial charge >= 0.3 is 6.36 Å². The Morgan fingerprint density at radius 1 is 1.33 bits per heavy atom. The van der Waals surface area contributed by atoms with Crippen LogP contribution in [0.15, 0.2) is 24.3 Å². The SMILES string of the molecule is CCO[CH]C(=O)Nc1ccc(OC(F)(F)F)cc1. The number of hydrogen-bond acceptors (Lipinski definition) is 3. The summed E-state index contributed by atoms with van der Waals surface area (Å²) in [6, 6.07) is 4.78. The van der Waals surface area contributed by atoms with E-state index in [-0.39, 0.29) is 5.75 Å². The van der Waals surface area contributed by atoms with Crippen LogP contribution in [0, 0.1) is 6.61 Å². The maximum atomic E-state index is 11.9. The van der Waals surface area contributed by atoms with Crippen molar-refractivity contribution in [3.05, 3.63) is 30.9 Å². The normalized spacial score (nSPS) is 11.1. The van der Waals surface area contributed by atoms with Gasteiger partial charge in [-0.2, -0.15) is 0 Å². The fourth-order valence-electron chi connectivity index (χ4n) is 1.07. The second-order valence-corrected chi connectivity index (χ2v) is 3.13. The third-order valence-electron chi connectivity index (χ3n) is 1.71. The number of nitrogens with one attached hydrogen (secondary N) is 1. The average Bonchev–Trinajstić information content (AvgIpc) is 2.27. The molecule has 1 rings (SSSR count). The first-order chi connectivity index (χ1) is 8.40. The topological polar surface area (TPSA) is 47.6 Å². The predicted octanol–water partition coefficient (Wildman–Crippen LogP) is 2.72. The highest BCUT2D eigenvalue weighted by Gasteiger charge is 2.30. The Labute approximate surface area is 102 Å². The van der Waals surface area contributed by atoms with Crippen molar-refractivity contribution in [1.82, 2.24) is 0 Å². The number of benzene rings is 1. The lowest BCUT2D eigenvalue weighted by Gasteiger charge is -2.09. The first-order valence-corrected chi connectivity index (χ1v) is 5.02. The molecule has 0 aliphatic carbocycles. The Balaban J connectivity index is 2.52. The molecular formula is C11H11F3NO3. The van der Waals surface area contributed by atoms with Crippen LogP contribution in [0.2, 0.25) is 0 Å². The van der Waals surface area contributed by atoms with E-state index in [2.05, 4.69) is 10.1 Å². The molecule has 0 saturated heterocycles. The van der Waals surface area contributed by atoms with Gasteiger partial charge in [0, 0.05) is 12.3 Å². The summed E-state index contributed by atoms with van der Waals surface area (Å²) in [7, 11) is 0. The smallest absolute Gasteiger partial charge is 0.406 e. The van der Waals surface area contributed by atoms with Crippen molar-refractivity contribution < 1.29 is 27.4 Å². The maximum absolute atomic E-state index is 11.9. The Kier molecular flexibility index (Phi) is 4.96. The molecule has 0 bridgehead atoms. The summed E-state index contributed by atoms with van der Waals surface area (Å²) < 4.78 is 44.1. The summed E-state index contributed by atoms with van der Waals surface area (Å²) in [5, 5.41) is 2.41. The molecule has 1 amide bonds. The summed E-state index contributed by atoms with van der Waals surface area (Å²) in [6.07, 6.45) is -4.73. The number of amides is 1. The number of anilines is 1. The zero-order valence-electron chi connectivity index (χ0n) is 9.45. The summed E-state index contributed by atoms with van der Waals surface area (Å²) in [6.45, 7) is 3.05. The number of carbonyl (C=O) groups is 1. The van der Waals surface area contributed by atoms with Gasteiger partial charge in [0.15, 0.2) is 6.61 Å². The van der Waals surface area contributed by atoms with Crippen molar-refractivity contribution in [1.29, 1.82) is 0 Å². The molecule has 0 aromatic heterocycles. The second-order valence-electron chi connectivity index (χ2n) is 3.13. The van der Waals surface area contributed by atoms with Crippen LogP contribution in [-0.4, -0.2) is 18.9 Å². The highest BCUT2D eigenvalue weighted by atomic mass is 19.4. The van der Waals surface area contributed by atoms with Crippen LogP contribution in [0.3, 0.4) is 0 Å². The Morgan fingerprint density at radius 3 is 2.44 bits per heavy atom. The van der Waals surface area contributed by atoms with Crippen molar-refractivity contribution in [3.8, 4) is 5.75 Å². The van der Waals surface area contributed by atoms with Crippen molar-refractivity contribution in [2.75, 3.05) is 11.9 Å². The molecule has 1 aromatic carbocycles. The number of rotatable bonds is 5. The Bertz CT molecular complexity index is 390. The van der Waals surface area contributed by atoms with Crippen LogP contribution in [-0.2, 0) is 9.53 Å². The van der Waals surface area contributed by atoms with E-state index in [4.69, 9.17) is 4.74 Å².